The average molecular weight is 361 g/mol. The highest BCUT2D eigenvalue weighted by Gasteiger charge is 2.40. The molecule has 2 aliphatic rings. The maximum atomic E-state index is 12.8. The van der Waals surface area contributed by atoms with Crippen molar-refractivity contribution in [2.75, 3.05) is 13.1 Å². The topological polar surface area (TPSA) is 78.4 Å². The predicted molar refractivity (Wildman–Crippen MR) is 100 cm³/mol. The van der Waals surface area contributed by atoms with E-state index >= 15 is 0 Å². The number of carbonyl (C=O) groups excluding carboxylic acids is 1. The molecule has 6 nitrogen and oxygen atoms in total. The summed E-state index contributed by atoms with van der Waals surface area (Å²) >= 11 is 0. The molecule has 0 spiro atoms. The first-order chi connectivity index (χ1) is 12.1. The minimum Gasteiger partial charge on any atom is -0.391 e. The third-order valence-electron chi connectivity index (χ3n) is 5.59. The molecule has 2 saturated heterocycles. The fraction of sp³-hybridized carbons (Fsp3) is 0.750. The molecule has 2 atom stereocenters. The lowest BCUT2D eigenvalue weighted by Crippen LogP contribution is -2.58. The molecule has 0 radical (unpaired) electrons. The van der Waals surface area contributed by atoms with Crippen molar-refractivity contribution in [2.24, 2.45) is 11.8 Å². The minimum absolute atomic E-state index is 0.0385. The van der Waals surface area contributed by atoms with Gasteiger partial charge in [0.15, 0.2) is 0 Å². The van der Waals surface area contributed by atoms with Crippen LogP contribution in [-0.2, 0) is 11.2 Å². The van der Waals surface area contributed by atoms with Gasteiger partial charge in [0.05, 0.1) is 11.8 Å². The molecule has 2 aliphatic heterocycles. The standard InChI is InChI=1S/C20H32N4O2/c1-19(2)9-14(10-20(3,4)23-19)7-18(26)24-12-15(17(25)13-24)8-16-11-21-5-6-22-16/h5-6,11,14-15,17,23,25H,7-10,12-13H2,1-4H3/t15-,17-/m1/s1. The van der Waals surface area contributed by atoms with E-state index < -0.39 is 6.10 Å². The second kappa shape index (κ2) is 7.24. The van der Waals surface area contributed by atoms with Crippen LogP contribution in [0.15, 0.2) is 18.6 Å². The number of β-amino-alcohol motifs (C(OH)–C–C–N with tert-alkyl or cyclic N) is 1. The monoisotopic (exact) mass is 360 g/mol. The molecule has 0 bridgehead atoms. The summed E-state index contributed by atoms with van der Waals surface area (Å²) in [7, 11) is 0. The van der Waals surface area contributed by atoms with Crippen LogP contribution in [0.4, 0.5) is 0 Å². The Morgan fingerprint density at radius 2 is 1.92 bits per heavy atom. The third kappa shape index (κ3) is 4.80. The van der Waals surface area contributed by atoms with Gasteiger partial charge in [0.1, 0.15) is 0 Å². The number of nitrogens with one attached hydrogen (secondary N) is 1. The Bertz CT molecular complexity index is 616. The van der Waals surface area contributed by atoms with Gasteiger partial charge in [-0.1, -0.05) is 0 Å². The van der Waals surface area contributed by atoms with Crippen LogP contribution in [0.3, 0.4) is 0 Å². The predicted octanol–water partition coefficient (Wildman–Crippen LogP) is 1.79. The number of piperidine rings is 1. The third-order valence-corrected chi connectivity index (χ3v) is 5.59. The van der Waals surface area contributed by atoms with Gasteiger partial charge in [-0.3, -0.25) is 14.8 Å². The Balaban J connectivity index is 1.57. The second-order valence-corrected chi connectivity index (χ2v) is 9.40. The van der Waals surface area contributed by atoms with Crippen LogP contribution >= 0.6 is 0 Å². The highest BCUT2D eigenvalue weighted by atomic mass is 16.3. The van der Waals surface area contributed by atoms with E-state index in [2.05, 4.69) is 43.0 Å². The van der Waals surface area contributed by atoms with E-state index in [0.29, 0.717) is 31.8 Å². The Morgan fingerprint density at radius 3 is 2.54 bits per heavy atom. The summed E-state index contributed by atoms with van der Waals surface area (Å²) in [6, 6.07) is 0. The lowest BCUT2D eigenvalue weighted by Gasteiger charge is -2.46. The molecule has 0 unspecified atom stereocenters. The number of nitrogens with zero attached hydrogens (tertiary/aromatic N) is 3. The smallest absolute Gasteiger partial charge is 0.222 e. The van der Waals surface area contributed by atoms with E-state index in [-0.39, 0.29) is 22.9 Å². The normalized spacial score (nSPS) is 28.3. The number of hydrogen-bond acceptors (Lipinski definition) is 5. The summed E-state index contributed by atoms with van der Waals surface area (Å²) in [5, 5.41) is 14.1. The van der Waals surface area contributed by atoms with Gasteiger partial charge in [-0.2, -0.15) is 0 Å². The summed E-state index contributed by atoms with van der Waals surface area (Å²) in [5.41, 5.74) is 0.963. The number of likely N-dealkylation sites (tertiary alicyclic amines) is 1. The number of aromatic nitrogens is 2. The fourth-order valence-corrected chi connectivity index (χ4v) is 5.02. The van der Waals surface area contributed by atoms with Gasteiger partial charge < -0.3 is 15.3 Å². The van der Waals surface area contributed by atoms with Crippen molar-refractivity contribution in [1.29, 1.82) is 0 Å². The highest BCUT2D eigenvalue weighted by Crippen LogP contribution is 2.35. The molecule has 0 saturated carbocycles. The van der Waals surface area contributed by atoms with Crippen molar-refractivity contribution >= 4 is 5.91 Å². The largest absolute Gasteiger partial charge is 0.391 e. The number of carbonyl (C=O) groups is 1. The van der Waals surface area contributed by atoms with Gasteiger partial charge in [-0.05, 0) is 52.9 Å². The number of hydrogen-bond donors (Lipinski definition) is 2. The summed E-state index contributed by atoms with van der Waals surface area (Å²) in [5.74, 6) is 0.589. The Morgan fingerprint density at radius 1 is 1.23 bits per heavy atom. The molecule has 1 aromatic rings. The van der Waals surface area contributed by atoms with Gasteiger partial charge in [0, 0.05) is 55.1 Å². The molecule has 0 aromatic carbocycles. The van der Waals surface area contributed by atoms with Crippen molar-refractivity contribution in [2.45, 2.75) is 70.6 Å². The first-order valence-electron chi connectivity index (χ1n) is 9.64. The Hall–Kier alpha value is -1.53. The quantitative estimate of drug-likeness (QED) is 0.856. The van der Waals surface area contributed by atoms with Crippen LogP contribution < -0.4 is 5.32 Å². The zero-order chi connectivity index (χ0) is 18.9. The SMILES string of the molecule is CC1(C)CC(CC(=O)N2C[C@@H](Cc3cnccn3)[C@H](O)C2)CC(C)(C)N1. The van der Waals surface area contributed by atoms with Crippen LogP contribution in [0.2, 0.25) is 0 Å². The van der Waals surface area contributed by atoms with Crippen LogP contribution in [0.1, 0.15) is 52.7 Å². The average Bonchev–Trinajstić information content (AvgIpc) is 2.86. The summed E-state index contributed by atoms with van der Waals surface area (Å²) < 4.78 is 0. The first kappa shape index (κ1) is 19.2. The van der Waals surface area contributed by atoms with E-state index in [1.165, 1.54) is 0 Å². The molecule has 3 rings (SSSR count). The van der Waals surface area contributed by atoms with Crippen molar-refractivity contribution in [3.05, 3.63) is 24.3 Å². The van der Waals surface area contributed by atoms with E-state index in [1.54, 1.807) is 18.6 Å². The molecule has 0 aliphatic carbocycles. The molecule has 2 N–H and O–H groups in total. The maximum absolute atomic E-state index is 12.8. The van der Waals surface area contributed by atoms with Gasteiger partial charge in [0.2, 0.25) is 5.91 Å². The number of aliphatic hydroxyl groups is 1. The van der Waals surface area contributed by atoms with Crippen molar-refractivity contribution in [3.8, 4) is 0 Å². The van der Waals surface area contributed by atoms with E-state index in [1.807, 2.05) is 4.90 Å². The first-order valence-corrected chi connectivity index (χ1v) is 9.64. The Labute approximate surface area is 156 Å². The molecule has 6 heteroatoms. The number of rotatable bonds is 4. The summed E-state index contributed by atoms with van der Waals surface area (Å²) in [6.07, 6.45) is 7.79. The molecule has 144 valence electrons. The lowest BCUT2D eigenvalue weighted by atomic mass is 9.74. The van der Waals surface area contributed by atoms with Gasteiger partial charge in [-0.15, -0.1) is 0 Å². The maximum Gasteiger partial charge on any atom is 0.222 e. The van der Waals surface area contributed by atoms with Crippen molar-refractivity contribution in [3.63, 3.8) is 0 Å². The molecule has 1 aromatic heterocycles. The lowest BCUT2D eigenvalue weighted by molar-refractivity contribution is -0.132. The van der Waals surface area contributed by atoms with Gasteiger partial charge in [0.25, 0.3) is 0 Å². The molecule has 1 amide bonds. The van der Waals surface area contributed by atoms with Gasteiger partial charge in [-0.25, -0.2) is 0 Å². The van der Waals surface area contributed by atoms with E-state index in [4.69, 9.17) is 0 Å². The van der Waals surface area contributed by atoms with Crippen LogP contribution in [0.5, 0.6) is 0 Å². The van der Waals surface area contributed by atoms with Crippen LogP contribution in [-0.4, -0.2) is 56.2 Å². The summed E-state index contributed by atoms with van der Waals surface area (Å²) in [4.78, 5) is 23.1. The van der Waals surface area contributed by atoms with Crippen molar-refractivity contribution < 1.29 is 9.90 Å². The van der Waals surface area contributed by atoms with Gasteiger partial charge >= 0.3 is 0 Å². The number of aliphatic hydroxyl groups excluding tert-OH is 1. The molecule has 2 fully saturated rings. The second-order valence-electron chi connectivity index (χ2n) is 9.40. The molecular formula is C20H32N4O2. The zero-order valence-electron chi connectivity index (χ0n) is 16.4. The van der Waals surface area contributed by atoms with E-state index in [0.717, 1.165) is 18.5 Å². The van der Waals surface area contributed by atoms with Crippen LogP contribution in [0, 0.1) is 11.8 Å². The summed E-state index contributed by atoms with van der Waals surface area (Å²) in [6.45, 7) is 9.88. The Kier molecular flexibility index (Phi) is 5.35. The molecule has 26 heavy (non-hydrogen) atoms. The van der Waals surface area contributed by atoms with E-state index in [9.17, 15) is 9.90 Å². The molecule has 3 heterocycles. The molecular weight excluding hydrogens is 328 g/mol. The fourth-order valence-electron chi connectivity index (χ4n) is 5.02. The van der Waals surface area contributed by atoms with Crippen LogP contribution in [0.25, 0.3) is 0 Å². The highest BCUT2D eigenvalue weighted by molar-refractivity contribution is 5.77. The van der Waals surface area contributed by atoms with Crippen molar-refractivity contribution in [1.82, 2.24) is 20.2 Å². The number of amides is 1. The zero-order valence-corrected chi connectivity index (χ0v) is 16.4. The minimum atomic E-state index is -0.484.